The van der Waals surface area contributed by atoms with Gasteiger partial charge in [0, 0.05) is 24.3 Å². The van der Waals surface area contributed by atoms with E-state index in [-0.39, 0.29) is 0 Å². The first-order valence-electron chi connectivity index (χ1n) is 9.59. The van der Waals surface area contributed by atoms with Gasteiger partial charge in [0.1, 0.15) is 11.3 Å². The van der Waals surface area contributed by atoms with E-state index in [2.05, 4.69) is 38.8 Å². The number of anilines is 1. The van der Waals surface area contributed by atoms with E-state index in [1.165, 1.54) is 12.8 Å². The van der Waals surface area contributed by atoms with Gasteiger partial charge in [0.05, 0.1) is 17.4 Å². The first kappa shape index (κ1) is 16.2. The van der Waals surface area contributed by atoms with Gasteiger partial charge in [-0.3, -0.25) is 0 Å². The van der Waals surface area contributed by atoms with Gasteiger partial charge in [-0.25, -0.2) is 19.5 Å². The summed E-state index contributed by atoms with van der Waals surface area (Å²) in [6.45, 7) is 7.18. The average Bonchev–Trinajstić information content (AvgIpc) is 3.36. The average molecular weight is 361 g/mol. The van der Waals surface area contributed by atoms with Gasteiger partial charge in [0.2, 0.25) is 5.95 Å². The molecule has 0 bridgehead atoms. The van der Waals surface area contributed by atoms with E-state index in [1.807, 2.05) is 42.0 Å². The predicted octanol–water partition coefficient (Wildman–Crippen LogP) is 3.68. The highest BCUT2D eigenvalue weighted by Gasteiger charge is 2.28. The Morgan fingerprint density at radius 1 is 1.22 bits per heavy atom. The first-order valence-corrected chi connectivity index (χ1v) is 9.59. The van der Waals surface area contributed by atoms with Crippen LogP contribution in [0.4, 0.5) is 5.95 Å². The molecule has 138 valence electrons. The minimum Gasteiger partial charge on any atom is -0.350 e. The van der Waals surface area contributed by atoms with Crippen LogP contribution < -0.4 is 5.32 Å². The highest BCUT2D eigenvalue weighted by atomic mass is 15.3. The Kier molecular flexibility index (Phi) is 3.63. The van der Waals surface area contributed by atoms with Gasteiger partial charge in [-0.15, -0.1) is 5.10 Å². The molecule has 4 heterocycles. The second-order valence-electron chi connectivity index (χ2n) is 7.35. The maximum absolute atomic E-state index is 4.88. The number of hydrogen-bond acceptors (Lipinski definition) is 5. The summed E-state index contributed by atoms with van der Waals surface area (Å²) in [5, 5.41) is 8.04. The highest BCUT2D eigenvalue weighted by molar-refractivity contribution is 5.82. The van der Waals surface area contributed by atoms with Crippen molar-refractivity contribution in [2.45, 2.75) is 46.2 Å². The number of pyridine rings is 1. The number of imidazole rings is 1. The molecule has 4 aromatic heterocycles. The minimum atomic E-state index is 0.416. The Balaban J connectivity index is 1.53. The van der Waals surface area contributed by atoms with Crippen LogP contribution >= 0.6 is 0 Å². The summed E-state index contributed by atoms with van der Waals surface area (Å²) in [7, 11) is 0. The smallest absolute Gasteiger partial charge is 0.241 e. The second-order valence-corrected chi connectivity index (χ2v) is 7.35. The lowest BCUT2D eigenvalue weighted by molar-refractivity contribution is 0.681. The molecule has 1 atom stereocenters. The van der Waals surface area contributed by atoms with Crippen molar-refractivity contribution in [2.75, 3.05) is 5.32 Å². The second kappa shape index (κ2) is 6.04. The van der Waals surface area contributed by atoms with E-state index >= 15 is 0 Å². The van der Waals surface area contributed by atoms with Crippen molar-refractivity contribution >= 4 is 22.6 Å². The van der Waals surface area contributed by atoms with Crippen LogP contribution in [0.15, 0.2) is 30.6 Å². The van der Waals surface area contributed by atoms with Crippen LogP contribution in [0.3, 0.4) is 0 Å². The molecule has 1 aliphatic rings. The molecule has 1 fully saturated rings. The van der Waals surface area contributed by atoms with Crippen LogP contribution in [-0.4, -0.2) is 35.2 Å². The molecule has 1 aliphatic carbocycles. The summed E-state index contributed by atoms with van der Waals surface area (Å²) in [6.07, 6.45) is 6.43. The van der Waals surface area contributed by atoms with E-state index in [9.17, 15) is 0 Å². The summed E-state index contributed by atoms with van der Waals surface area (Å²) in [4.78, 5) is 14.0. The van der Waals surface area contributed by atoms with Gasteiger partial charge in [-0.1, -0.05) is 0 Å². The molecule has 0 radical (unpaired) electrons. The molecular formula is C20H23N7. The van der Waals surface area contributed by atoms with Gasteiger partial charge in [-0.2, -0.15) is 0 Å². The summed E-state index contributed by atoms with van der Waals surface area (Å²) in [6, 6.07) is 6.52. The van der Waals surface area contributed by atoms with E-state index in [4.69, 9.17) is 4.98 Å². The van der Waals surface area contributed by atoms with Crippen molar-refractivity contribution in [2.24, 2.45) is 5.92 Å². The molecule has 7 heteroatoms. The number of aromatic nitrogens is 6. The third kappa shape index (κ3) is 2.74. The highest BCUT2D eigenvalue weighted by Crippen LogP contribution is 2.33. The van der Waals surface area contributed by atoms with Gasteiger partial charge in [0.15, 0.2) is 5.65 Å². The van der Waals surface area contributed by atoms with Crippen LogP contribution in [0, 0.1) is 12.8 Å². The van der Waals surface area contributed by atoms with Gasteiger partial charge < -0.3 is 9.88 Å². The van der Waals surface area contributed by atoms with Crippen molar-refractivity contribution in [3.63, 3.8) is 0 Å². The summed E-state index contributed by atoms with van der Waals surface area (Å²) in [5.74, 6) is 2.42. The van der Waals surface area contributed by atoms with Crippen LogP contribution in [-0.2, 0) is 6.54 Å². The van der Waals surface area contributed by atoms with Gasteiger partial charge in [-0.05, 0) is 57.7 Å². The summed E-state index contributed by atoms with van der Waals surface area (Å²) in [5.41, 5.74) is 4.74. The molecule has 0 unspecified atom stereocenters. The molecule has 5 rings (SSSR count). The maximum atomic E-state index is 4.88. The Morgan fingerprint density at radius 2 is 2.07 bits per heavy atom. The standard InChI is InChI=1S/C20H23N7/c1-4-26-13(3)23-17-8-7-16(24-19(17)26)15-9-10-27-18(15)11-21-20(25-27)22-12(2)14-5-6-14/h7-12,14H,4-6H2,1-3H3,(H,22,25)/t12-/m1/s1. The molecule has 1 N–H and O–H groups in total. The number of nitrogens with zero attached hydrogens (tertiary/aromatic N) is 6. The van der Waals surface area contributed by atoms with Crippen LogP contribution in [0.2, 0.25) is 0 Å². The molecule has 0 aliphatic heterocycles. The largest absolute Gasteiger partial charge is 0.350 e. The zero-order valence-electron chi connectivity index (χ0n) is 15.8. The molecule has 27 heavy (non-hydrogen) atoms. The van der Waals surface area contributed by atoms with Gasteiger partial charge in [0.25, 0.3) is 0 Å². The Morgan fingerprint density at radius 3 is 2.85 bits per heavy atom. The van der Waals surface area contributed by atoms with E-state index in [0.29, 0.717) is 12.0 Å². The maximum Gasteiger partial charge on any atom is 0.241 e. The zero-order valence-corrected chi connectivity index (χ0v) is 15.8. The van der Waals surface area contributed by atoms with Crippen molar-refractivity contribution in [3.05, 3.63) is 36.4 Å². The SMILES string of the molecule is CCn1c(C)nc2ccc(-c3ccn4nc(N[C@H](C)C5CC5)ncc34)nc21. The summed E-state index contributed by atoms with van der Waals surface area (Å²) < 4.78 is 4.01. The van der Waals surface area contributed by atoms with Crippen LogP contribution in [0.25, 0.3) is 27.9 Å². The number of rotatable bonds is 5. The third-order valence-corrected chi connectivity index (χ3v) is 5.48. The monoisotopic (exact) mass is 361 g/mol. The number of nitrogens with one attached hydrogen (secondary N) is 1. The quantitative estimate of drug-likeness (QED) is 0.587. The molecule has 0 saturated heterocycles. The molecule has 0 amide bonds. The first-order chi connectivity index (χ1) is 13.1. The van der Waals surface area contributed by atoms with Gasteiger partial charge >= 0.3 is 0 Å². The van der Waals surface area contributed by atoms with Crippen molar-refractivity contribution in [1.82, 2.24) is 29.1 Å². The fourth-order valence-corrected chi connectivity index (χ4v) is 3.74. The van der Waals surface area contributed by atoms with E-state index in [0.717, 1.165) is 46.2 Å². The van der Waals surface area contributed by atoms with Crippen molar-refractivity contribution in [1.29, 1.82) is 0 Å². The number of aryl methyl sites for hydroxylation is 2. The molecule has 4 aromatic rings. The lowest BCUT2D eigenvalue weighted by Crippen LogP contribution is -2.19. The van der Waals surface area contributed by atoms with E-state index in [1.54, 1.807) is 0 Å². The fraction of sp³-hybridized carbons (Fsp3) is 0.400. The van der Waals surface area contributed by atoms with E-state index < -0.39 is 0 Å². The third-order valence-electron chi connectivity index (χ3n) is 5.48. The van der Waals surface area contributed by atoms with Crippen LogP contribution in [0.5, 0.6) is 0 Å². The Labute approximate surface area is 157 Å². The van der Waals surface area contributed by atoms with Crippen molar-refractivity contribution < 1.29 is 0 Å². The Bertz CT molecular complexity index is 1140. The topological polar surface area (TPSA) is 72.9 Å². The minimum absolute atomic E-state index is 0.416. The molecule has 0 spiro atoms. The molecule has 7 nitrogen and oxygen atoms in total. The number of fused-ring (bicyclic) bond motifs is 2. The summed E-state index contributed by atoms with van der Waals surface area (Å²) >= 11 is 0. The lowest BCUT2D eigenvalue weighted by Gasteiger charge is -2.12. The van der Waals surface area contributed by atoms with Crippen molar-refractivity contribution in [3.8, 4) is 11.3 Å². The zero-order chi connectivity index (χ0) is 18.5. The molecule has 1 saturated carbocycles. The Hall–Kier alpha value is -2.96. The normalized spacial score (nSPS) is 15.5. The van der Waals surface area contributed by atoms with Crippen LogP contribution in [0.1, 0.15) is 32.5 Å². The molecular weight excluding hydrogens is 338 g/mol. The fourth-order valence-electron chi connectivity index (χ4n) is 3.74. The molecule has 0 aromatic carbocycles. The lowest BCUT2D eigenvalue weighted by atomic mass is 10.2. The number of hydrogen-bond donors (Lipinski definition) is 1. The predicted molar refractivity (Wildman–Crippen MR) is 106 cm³/mol.